The summed E-state index contributed by atoms with van der Waals surface area (Å²) in [7, 11) is 0. The highest BCUT2D eigenvalue weighted by atomic mass is 16.6. The predicted octanol–water partition coefficient (Wildman–Crippen LogP) is 4.13. The number of hydrogen-bond acceptors (Lipinski definition) is 3. The third kappa shape index (κ3) is 6.34. The number of carbonyl (C=O) groups excluding carboxylic acids is 2. The highest BCUT2D eigenvalue weighted by Gasteiger charge is 2.33. The predicted molar refractivity (Wildman–Crippen MR) is 94.8 cm³/mol. The first-order chi connectivity index (χ1) is 11.3. The number of alkyl carbamates (subject to hydrolysis) is 1. The second-order valence-electron chi connectivity index (χ2n) is 7.70. The Morgan fingerprint density at radius 3 is 2.46 bits per heavy atom. The van der Waals surface area contributed by atoms with E-state index in [1.165, 1.54) is 5.56 Å². The molecule has 0 unspecified atom stereocenters. The minimum atomic E-state index is -0.461. The van der Waals surface area contributed by atoms with Crippen LogP contribution in [0.15, 0.2) is 30.3 Å². The fourth-order valence-corrected chi connectivity index (χ4v) is 3.04. The maximum absolute atomic E-state index is 12.2. The van der Waals surface area contributed by atoms with E-state index in [-0.39, 0.29) is 12.0 Å². The van der Waals surface area contributed by atoms with Crippen LogP contribution in [0.2, 0.25) is 0 Å². The maximum Gasteiger partial charge on any atom is 0.407 e. The Labute approximate surface area is 145 Å². The second-order valence-corrected chi connectivity index (χ2v) is 7.70. The Kier molecular flexibility index (Phi) is 6.41. The molecule has 0 radical (unpaired) electrons. The van der Waals surface area contributed by atoms with E-state index in [0.29, 0.717) is 24.7 Å². The van der Waals surface area contributed by atoms with Crippen molar-refractivity contribution < 1.29 is 14.3 Å². The number of ether oxygens (including phenoxy) is 1. The van der Waals surface area contributed by atoms with E-state index in [1.54, 1.807) is 0 Å². The monoisotopic (exact) mass is 331 g/mol. The first-order valence-corrected chi connectivity index (χ1v) is 8.87. The largest absolute Gasteiger partial charge is 0.444 e. The molecule has 1 amide bonds. The van der Waals surface area contributed by atoms with Gasteiger partial charge in [0.15, 0.2) is 0 Å². The normalized spacial score (nSPS) is 20.1. The zero-order valence-electron chi connectivity index (χ0n) is 15.0. The van der Waals surface area contributed by atoms with Crippen LogP contribution in [0, 0.1) is 11.8 Å². The van der Waals surface area contributed by atoms with Gasteiger partial charge in [0.2, 0.25) is 0 Å². The minimum Gasteiger partial charge on any atom is -0.444 e. The van der Waals surface area contributed by atoms with Crippen LogP contribution in [-0.4, -0.2) is 24.0 Å². The summed E-state index contributed by atoms with van der Waals surface area (Å²) in [5, 5.41) is 2.78. The molecule has 1 N–H and O–H groups in total. The van der Waals surface area contributed by atoms with Gasteiger partial charge in [-0.2, -0.15) is 0 Å². The van der Waals surface area contributed by atoms with Crippen LogP contribution < -0.4 is 5.32 Å². The van der Waals surface area contributed by atoms with E-state index in [4.69, 9.17) is 4.74 Å². The fraction of sp³-hybridized carbons (Fsp3) is 0.600. The molecule has 0 bridgehead atoms. The van der Waals surface area contributed by atoms with Crippen LogP contribution in [0.1, 0.15) is 52.0 Å². The van der Waals surface area contributed by atoms with Gasteiger partial charge >= 0.3 is 6.09 Å². The number of ketones is 1. The molecule has 0 atom stereocenters. The zero-order chi connectivity index (χ0) is 17.6. The van der Waals surface area contributed by atoms with Gasteiger partial charge in [-0.3, -0.25) is 4.79 Å². The topological polar surface area (TPSA) is 55.4 Å². The molecular formula is C20H29NO3. The standard InChI is InChI=1S/C20H29NO3/c1-20(2,3)24-19(23)21-12-11-16-13-17(14-16)18(22)10-9-15-7-5-4-6-8-15/h4-8,16-17H,9-14H2,1-3H3,(H,21,23)/t16-,17+. The number of rotatable bonds is 7. The van der Waals surface area contributed by atoms with Gasteiger partial charge in [-0.25, -0.2) is 4.79 Å². The molecule has 1 aromatic carbocycles. The molecular weight excluding hydrogens is 302 g/mol. The van der Waals surface area contributed by atoms with Gasteiger partial charge in [0.1, 0.15) is 11.4 Å². The highest BCUT2D eigenvalue weighted by molar-refractivity contribution is 5.82. The van der Waals surface area contributed by atoms with Gasteiger partial charge < -0.3 is 10.1 Å². The Hall–Kier alpha value is -1.84. The molecule has 0 heterocycles. The number of Topliss-reactive ketones (excluding diaryl/α,β-unsaturated/α-hetero) is 1. The summed E-state index contributed by atoms with van der Waals surface area (Å²) in [6, 6.07) is 10.2. The van der Waals surface area contributed by atoms with Crippen molar-refractivity contribution in [3.8, 4) is 0 Å². The molecule has 0 aliphatic heterocycles. The van der Waals surface area contributed by atoms with E-state index in [1.807, 2.05) is 39.0 Å². The molecule has 4 heteroatoms. The zero-order valence-corrected chi connectivity index (χ0v) is 15.0. The van der Waals surface area contributed by atoms with Gasteiger partial charge in [0, 0.05) is 18.9 Å². The summed E-state index contributed by atoms with van der Waals surface area (Å²) in [5.74, 6) is 1.15. The first kappa shape index (κ1) is 18.5. The number of benzene rings is 1. The maximum atomic E-state index is 12.2. The van der Waals surface area contributed by atoms with Crippen LogP contribution in [0.3, 0.4) is 0 Å². The summed E-state index contributed by atoms with van der Waals surface area (Å²) in [5.41, 5.74) is 0.764. The number of aryl methyl sites for hydroxylation is 1. The lowest BCUT2D eigenvalue weighted by molar-refractivity contribution is -0.126. The van der Waals surface area contributed by atoms with E-state index >= 15 is 0 Å². The van der Waals surface area contributed by atoms with Gasteiger partial charge in [-0.15, -0.1) is 0 Å². The summed E-state index contributed by atoms with van der Waals surface area (Å²) in [6.45, 7) is 6.17. The van der Waals surface area contributed by atoms with E-state index in [0.717, 1.165) is 25.7 Å². The molecule has 1 fully saturated rings. The van der Waals surface area contributed by atoms with Crippen molar-refractivity contribution in [2.24, 2.45) is 11.8 Å². The lowest BCUT2D eigenvalue weighted by Crippen LogP contribution is -2.36. The van der Waals surface area contributed by atoms with E-state index < -0.39 is 5.60 Å². The molecule has 132 valence electrons. The van der Waals surface area contributed by atoms with Crippen LogP contribution in [-0.2, 0) is 16.0 Å². The van der Waals surface area contributed by atoms with Crippen molar-refractivity contribution in [3.63, 3.8) is 0 Å². The summed E-state index contributed by atoms with van der Waals surface area (Å²) in [6.07, 6.45) is 3.95. The highest BCUT2D eigenvalue weighted by Crippen LogP contribution is 2.37. The lowest BCUT2D eigenvalue weighted by Gasteiger charge is -2.34. The van der Waals surface area contributed by atoms with Crippen LogP contribution in [0.4, 0.5) is 4.79 Å². The number of nitrogens with one attached hydrogen (secondary N) is 1. The summed E-state index contributed by atoms with van der Waals surface area (Å²) < 4.78 is 5.20. The van der Waals surface area contributed by atoms with Crippen molar-refractivity contribution in [2.75, 3.05) is 6.54 Å². The Morgan fingerprint density at radius 1 is 1.17 bits per heavy atom. The lowest BCUT2D eigenvalue weighted by atomic mass is 9.70. The molecule has 1 aromatic rings. The van der Waals surface area contributed by atoms with Crippen molar-refractivity contribution in [2.45, 2.75) is 58.5 Å². The molecule has 1 aliphatic rings. The number of carbonyl (C=O) groups is 2. The van der Waals surface area contributed by atoms with Crippen molar-refractivity contribution in [1.82, 2.24) is 5.32 Å². The third-order valence-electron chi connectivity index (χ3n) is 4.41. The Bertz CT molecular complexity index is 542. The molecule has 0 saturated heterocycles. The van der Waals surface area contributed by atoms with Gasteiger partial charge in [-0.1, -0.05) is 30.3 Å². The second kappa shape index (κ2) is 8.32. The molecule has 1 aliphatic carbocycles. The van der Waals surface area contributed by atoms with Gasteiger partial charge in [0.25, 0.3) is 0 Å². The average molecular weight is 331 g/mol. The number of hydrogen-bond donors (Lipinski definition) is 1. The van der Waals surface area contributed by atoms with Gasteiger partial charge in [-0.05, 0) is 57.9 Å². The number of amides is 1. The van der Waals surface area contributed by atoms with Crippen LogP contribution in [0.25, 0.3) is 0 Å². The SMILES string of the molecule is CC(C)(C)OC(=O)NCC[C@H]1C[C@@H](C(=O)CCc2ccccc2)C1. The van der Waals surface area contributed by atoms with Crippen LogP contribution >= 0.6 is 0 Å². The molecule has 1 saturated carbocycles. The van der Waals surface area contributed by atoms with Crippen molar-refractivity contribution >= 4 is 11.9 Å². The summed E-state index contributed by atoms with van der Waals surface area (Å²) in [4.78, 5) is 23.7. The smallest absolute Gasteiger partial charge is 0.407 e. The Balaban J connectivity index is 1.56. The third-order valence-corrected chi connectivity index (χ3v) is 4.41. The fourth-order valence-electron chi connectivity index (χ4n) is 3.04. The molecule has 0 spiro atoms. The molecule has 2 rings (SSSR count). The summed E-state index contributed by atoms with van der Waals surface area (Å²) >= 11 is 0. The van der Waals surface area contributed by atoms with Crippen LogP contribution in [0.5, 0.6) is 0 Å². The quantitative estimate of drug-likeness (QED) is 0.817. The molecule has 24 heavy (non-hydrogen) atoms. The van der Waals surface area contributed by atoms with Crippen molar-refractivity contribution in [1.29, 1.82) is 0 Å². The average Bonchev–Trinajstić information content (AvgIpc) is 2.46. The first-order valence-electron chi connectivity index (χ1n) is 8.87. The molecule has 0 aromatic heterocycles. The van der Waals surface area contributed by atoms with Crippen molar-refractivity contribution in [3.05, 3.63) is 35.9 Å². The Morgan fingerprint density at radius 2 is 1.83 bits per heavy atom. The van der Waals surface area contributed by atoms with Gasteiger partial charge in [0.05, 0.1) is 0 Å². The van der Waals surface area contributed by atoms with E-state index in [9.17, 15) is 9.59 Å². The minimum absolute atomic E-state index is 0.222. The van der Waals surface area contributed by atoms with E-state index in [2.05, 4.69) is 17.4 Å². The molecule has 4 nitrogen and oxygen atoms in total.